The summed E-state index contributed by atoms with van der Waals surface area (Å²) in [6.07, 6.45) is -0.453. The summed E-state index contributed by atoms with van der Waals surface area (Å²) in [4.78, 5) is 12.1. The Balaban J connectivity index is 2.96. The zero-order chi connectivity index (χ0) is 11.5. The first-order valence-corrected chi connectivity index (χ1v) is 5.09. The van der Waals surface area contributed by atoms with E-state index in [-0.39, 0.29) is 11.2 Å². The fraction of sp³-hybridized carbons (Fsp3) is 0.462. The summed E-state index contributed by atoms with van der Waals surface area (Å²) >= 11 is 0. The van der Waals surface area contributed by atoms with Crippen LogP contribution >= 0.6 is 0 Å². The zero-order valence-electron chi connectivity index (χ0n) is 9.78. The van der Waals surface area contributed by atoms with Crippen molar-refractivity contribution in [2.75, 3.05) is 7.11 Å². The highest BCUT2D eigenvalue weighted by molar-refractivity contribution is 5.88. The second kappa shape index (κ2) is 4.58. The Labute approximate surface area is 91.3 Å². The van der Waals surface area contributed by atoms with Crippen LogP contribution in [0, 0.1) is 5.41 Å². The van der Waals surface area contributed by atoms with Crippen molar-refractivity contribution in [2.45, 2.75) is 26.9 Å². The van der Waals surface area contributed by atoms with E-state index in [1.807, 2.05) is 51.1 Å². The molecule has 0 amide bonds. The number of hydrogen-bond acceptors (Lipinski definition) is 2. The van der Waals surface area contributed by atoms with Crippen molar-refractivity contribution >= 4 is 5.78 Å². The van der Waals surface area contributed by atoms with Crippen molar-refractivity contribution in [1.82, 2.24) is 0 Å². The van der Waals surface area contributed by atoms with E-state index in [1.54, 1.807) is 7.11 Å². The molecule has 0 fully saturated rings. The molecule has 1 aromatic rings. The third-order valence-corrected chi connectivity index (χ3v) is 2.32. The van der Waals surface area contributed by atoms with E-state index < -0.39 is 6.10 Å². The Morgan fingerprint density at radius 1 is 1.20 bits per heavy atom. The Hall–Kier alpha value is -1.15. The van der Waals surface area contributed by atoms with Crippen LogP contribution in [0.3, 0.4) is 0 Å². The quantitative estimate of drug-likeness (QED) is 0.760. The lowest BCUT2D eigenvalue weighted by Gasteiger charge is -2.23. The topological polar surface area (TPSA) is 26.3 Å². The van der Waals surface area contributed by atoms with E-state index in [2.05, 4.69) is 0 Å². The maximum Gasteiger partial charge on any atom is 0.171 e. The van der Waals surface area contributed by atoms with Crippen LogP contribution in [0.25, 0.3) is 0 Å². The van der Waals surface area contributed by atoms with Crippen LogP contribution < -0.4 is 0 Å². The van der Waals surface area contributed by atoms with Gasteiger partial charge < -0.3 is 4.74 Å². The van der Waals surface area contributed by atoms with Gasteiger partial charge in [0.25, 0.3) is 0 Å². The van der Waals surface area contributed by atoms with E-state index in [0.29, 0.717) is 0 Å². The molecule has 0 aliphatic heterocycles. The van der Waals surface area contributed by atoms with Gasteiger partial charge in [-0.05, 0) is 5.56 Å². The fourth-order valence-corrected chi connectivity index (χ4v) is 1.42. The van der Waals surface area contributed by atoms with Crippen LogP contribution in [0.5, 0.6) is 0 Å². The lowest BCUT2D eigenvalue weighted by Crippen LogP contribution is -2.28. The number of hydrogen-bond donors (Lipinski definition) is 0. The number of Topliss-reactive ketones (excluding diaryl/α,β-unsaturated/α-hetero) is 1. The van der Waals surface area contributed by atoms with Gasteiger partial charge in [0.2, 0.25) is 0 Å². The second-order valence-electron chi connectivity index (χ2n) is 4.64. The van der Waals surface area contributed by atoms with Crippen LogP contribution in [0.4, 0.5) is 0 Å². The van der Waals surface area contributed by atoms with Crippen LogP contribution in [-0.4, -0.2) is 12.9 Å². The lowest BCUT2D eigenvalue weighted by molar-refractivity contribution is -0.137. The molecule has 2 heteroatoms. The van der Waals surface area contributed by atoms with Crippen molar-refractivity contribution in [3.8, 4) is 0 Å². The second-order valence-corrected chi connectivity index (χ2v) is 4.64. The Morgan fingerprint density at radius 2 is 1.73 bits per heavy atom. The van der Waals surface area contributed by atoms with E-state index in [9.17, 15) is 4.79 Å². The SMILES string of the molecule is CO[C@@H](C(=O)C(C)(C)C)c1ccccc1. The largest absolute Gasteiger partial charge is 0.369 e. The predicted molar refractivity (Wildman–Crippen MR) is 60.7 cm³/mol. The third kappa shape index (κ3) is 2.90. The highest BCUT2D eigenvalue weighted by Gasteiger charge is 2.30. The standard InChI is InChI=1S/C13H18O2/c1-13(2,3)12(14)11(15-4)10-8-6-5-7-9-10/h5-9,11H,1-4H3/t11-/m1/s1. The van der Waals surface area contributed by atoms with Crippen LogP contribution in [0.2, 0.25) is 0 Å². The molecule has 15 heavy (non-hydrogen) atoms. The fourth-order valence-electron chi connectivity index (χ4n) is 1.42. The molecular weight excluding hydrogens is 188 g/mol. The van der Waals surface area contributed by atoms with Gasteiger partial charge in [-0.2, -0.15) is 0 Å². The number of rotatable bonds is 3. The number of carbonyl (C=O) groups is 1. The van der Waals surface area contributed by atoms with Crippen LogP contribution in [-0.2, 0) is 9.53 Å². The smallest absolute Gasteiger partial charge is 0.171 e. The molecule has 0 N–H and O–H groups in total. The van der Waals surface area contributed by atoms with Gasteiger partial charge in [-0.15, -0.1) is 0 Å². The summed E-state index contributed by atoms with van der Waals surface area (Å²) in [6.45, 7) is 5.72. The Bertz CT molecular complexity index is 322. The summed E-state index contributed by atoms with van der Waals surface area (Å²) in [6, 6.07) is 9.59. The molecule has 0 saturated heterocycles. The summed E-state index contributed by atoms with van der Waals surface area (Å²) in [5.74, 6) is 0.108. The predicted octanol–water partition coefficient (Wildman–Crippen LogP) is 2.99. The van der Waals surface area contributed by atoms with E-state index >= 15 is 0 Å². The van der Waals surface area contributed by atoms with Gasteiger partial charge in [-0.1, -0.05) is 51.1 Å². The minimum Gasteiger partial charge on any atom is -0.369 e. The van der Waals surface area contributed by atoms with Crippen molar-refractivity contribution in [3.05, 3.63) is 35.9 Å². The summed E-state index contributed by atoms with van der Waals surface area (Å²) in [5.41, 5.74) is 0.538. The van der Waals surface area contributed by atoms with Gasteiger partial charge in [0.05, 0.1) is 0 Å². The maximum atomic E-state index is 12.1. The third-order valence-electron chi connectivity index (χ3n) is 2.32. The molecular formula is C13H18O2. The number of ether oxygens (including phenoxy) is 1. The summed E-state index contributed by atoms with van der Waals surface area (Å²) in [7, 11) is 1.57. The Morgan fingerprint density at radius 3 is 2.13 bits per heavy atom. The monoisotopic (exact) mass is 206 g/mol. The lowest BCUT2D eigenvalue weighted by atomic mass is 9.85. The average molecular weight is 206 g/mol. The average Bonchev–Trinajstić information content (AvgIpc) is 2.19. The molecule has 1 rings (SSSR count). The molecule has 0 aliphatic rings. The summed E-state index contributed by atoms with van der Waals surface area (Å²) in [5, 5.41) is 0. The highest BCUT2D eigenvalue weighted by Crippen LogP contribution is 2.27. The minimum absolute atomic E-state index is 0.108. The van der Waals surface area contributed by atoms with Gasteiger partial charge in [0.1, 0.15) is 6.10 Å². The van der Waals surface area contributed by atoms with Gasteiger partial charge in [-0.3, -0.25) is 4.79 Å². The normalized spacial score (nSPS) is 13.6. The first-order chi connectivity index (χ1) is 6.96. The van der Waals surface area contributed by atoms with Gasteiger partial charge >= 0.3 is 0 Å². The molecule has 1 atom stereocenters. The maximum absolute atomic E-state index is 12.1. The molecule has 0 saturated carbocycles. The number of methoxy groups -OCH3 is 1. The molecule has 0 heterocycles. The zero-order valence-corrected chi connectivity index (χ0v) is 9.78. The molecule has 0 radical (unpaired) electrons. The van der Waals surface area contributed by atoms with Gasteiger partial charge in [0, 0.05) is 12.5 Å². The Kier molecular flexibility index (Phi) is 3.64. The van der Waals surface area contributed by atoms with E-state index in [1.165, 1.54) is 0 Å². The molecule has 0 unspecified atom stereocenters. The van der Waals surface area contributed by atoms with Crippen molar-refractivity contribution in [2.24, 2.45) is 5.41 Å². The first kappa shape index (κ1) is 11.9. The van der Waals surface area contributed by atoms with Crippen LogP contribution in [0.1, 0.15) is 32.4 Å². The first-order valence-electron chi connectivity index (χ1n) is 5.09. The molecule has 0 aromatic heterocycles. The molecule has 1 aromatic carbocycles. The minimum atomic E-state index is -0.453. The van der Waals surface area contributed by atoms with E-state index in [0.717, 1.165) is 5.56 Å². The highest BCUT2D eigenvalue weighted by atomic mass is 16.5. The number of benzene rings is 1. The van der Waals surface area contributed by atoms with Crippen molar-refractivity contribution < 1.29 is 9.53 Å². The van der Waals surface area contributed by atoms with Gasteiger partial charge in [0.15, 0.2) is 5.78 Å². The van der Waals surface area contributed by atoms with Crippen molar-refractivity contribution in [1.29, 1.82) is 0 Å². The molecule has 0 bridgehead atoms. The molecule has 2 nitrogen and oxygen atoms in total. The summed E-state index contributed by atoms with van der Waals surface area (Å²) < 4.78 is 5.28. The number of ketones is 1. The van der Waals surface area contributed by atoms with Crippen molar-refractivity contribution in [3.63, 3.8) is 0 Å². The molecule has 0 spiro atoms. The van der Waals surface area contributed by atoms with Gasteiger partial charge in [-0.25, -0.2) is 0 Å². The molecule has 0 aliphatic carbocycles. The van der Waals surface area contributed by atoms with Crippen LogP contribution in [0.15, 0.2) is 30.3 Å². The molecule has 82 valence electrons. The number of carbonyl (C=O) groups excluding carboxylic acids is 1. The van der Waals surface area contributed by atoms with E-state index in [4.69, 9.17) is 4.74 Å².